The highest BCUT2D eigenvalue weighted by molar-refractivity contribution is 5.87. The summed E-state index contributed by atoms with van der Waals surface area (Å²) in [7, 11) is 1.20. The number of nitro benzene ring substituents is 1. The molecule has 0 fully saturated rings. The molecule has 2 aromatic rings. The van der Waals surface area contributed by atoms with Gasteiger partial charge in [0, 0.05) is 17.2 Å². The number of ether oxygens (including phenoxy) is 1. The van der Waals surface area contributed by atoms with Crippen molar-refractivity contribution in [2.24, 2.45) is 0 Å². The van der Waals surface area contributed by atoms with Crippen LogP contribution in [0.4, 0.5) is 11.6 Å². The van der Waals surface area contributed by atoms with E-state index in [-0.39, 0.29) is 11.4 Å². The highest BCUT2D eigenvalue weighted by Gasteiger charge is 2.22. The molecule has 11 nitrogen and oxygen atoms in total. The van der Waals surface area contributed by atoms with Gasteiger partial charge in [-0.2, -0.15) is 0 Å². The average molecular weight is 319 g/mol. The zero-order valence-corrected chi connectivity index (χ0v) is 11.6. The first-order valence-electron chi connectivity index (χ1n) is 6.03. The molecule has 0 saturated carbocycles. The minimum absolute atomic E-state index is 0.00539. The van der Waals surface area contributed by atoms with Crippen LogP contribution in [-0.2, 0) is 9.53 Å². The first-order chi connectivity index (χ1) is 10.9. The molecule has 0 aliphatic rings. The smallest absolute Gasteiger partial charge is 0.466 e. The molecule has 0 aliphatic carbocycles. The van der Waals surface area contributed by atoms with Gasteiger partial charge >= 0.3 is 11.9 Å². The normalized spacial score (nSPS) is 10.7. The van der Waals surface area contributed by atoms with Crippen LogP contribution in [0.3, 0.4) is 0 Å². The monoisotopic (exact) mass is 319 g/mol. The van der Waals surface area contributed by atoms with Crippen molar-refractivity contribution in [2.75, 3.05) is 7.11 Å². The van der Waals surface area contributed by atoms with Crippen LogP contribution in [0.5, 0.6) is 0 Å². The molecule has 118 valence electrons. The summed E-state index contributed by atoms with van der Waals surface area (Å²) in [6.45, 7) is 0. The van der Waals surface area contributed by atoms with Crippen molar-refractivity contribution in [2.45, 2.75) is 0 Å². The molecule has 0 bridgehead atoms. The zero-order chi connectivity index (χ0) is 17.0. The predicted molar refractivity (Wildman–Crippen MR) is 75.7 cm³/mol. The third-order valence-electron chi connectivity index (χ3n) is 2.70. The fourth-order valence-electron chi connectivity index (χ4n) is 1.67. The lowest BCUT2D eigenvalue weighted by Crippen LogP contribution is -2.02. The molecule has 0 saturated heterocycles. The summed E-state index contributed by atoms with van der Waals surface area (Å²) in [6.07, 6.45) is 3.45. The van der Waals surface area contributed by atoms with Crippen molar-refractivity contribution in [1.82, 2.24) is 14.8 Å². The van der Waals surface area contributed by atoms with Crippen molar-refractivity contribution in [3.05, 3.63) is 56.4 Å². The lowest BCUT2D eigenvalue weighted by molar-refractivity contribution is -0.394. The molecule has 11 heteroatoms. The number of hydrogen-bond donors (Lipinski definition) is 0. The van der Waals surface area contributed by atoms with E-state index < -0.39 is 21.8 Å². The standard InChI is InChI=1S/C12H9N5O6/c1-23-11(18)5-3-8-2-4-9(10(6-8)16(19)20)15-7-13-12(14-15)17(21)22/h2-7H,1H3/b5-3+. The number of esters is 1. The first kappa shape index (κ1) is 15.8. The second-order valence-electron chi connectivity index (χ2n) is 4.11. The minimum atomic E-state index is -0.810. The third kappa shape index (κ3) is 3.53. The number of benzene rings is 1. The predicted octanol–water partition coefficient (Wildman–Crippen LogP) is 1.27. The van der Waals surface area contributed by atoms with Crippen molar-refractivity contribution in [3.63, 3.8) is 0 Å². The summed E-state index contributed by atoms with van der Waals surface area (Å²) in [6, 6.07) is 4.02. The molecule has 1 aromatic carbocycles. The molecule has 2 rings (SSSR count). The fraction of sp³-hybridized carbons (Fsp3) is 0.0833. The van der Waals surface area contributed by atoms with Gasteiger partial charge in [-0.1, -0.05) is 11.1 Å². The van der Waals surface area contributed by atoms with Gasteiger partial charge in [0.2, 0.25) is 6.33 Å². The van der Waals surface area contributed by atoms with E-state index in [2.05, 4.69) is 14.8 Å². The molecule has 23 heavy (non-hydrogen) atoms. The number of methoxy groups -OCH3 is 1. The Morgan fingerprint density at radius 2 is 2.04 bits per heavy atom. The van der Waals surface area contributed by atoms with E-state index in [0.29, 0.717) is 5.56 Å². The first-order valence-corrected chi connectivity index (χ1v) is 6.03. The molecule has 0 spiro atoms. The van der Waals surface area contributed by atoms with Crippen molar-refractivity contribution in [1.29, 1.82) is 0 Å². The third-order valence-corrected chi connectivity index (χ3v) is 2.70. The highest BCUT2D eigenvalue weighted by atomic mass is 16.6. The van der Waals surface area contributed by atoms with Gasteiger partial charge in [0.25, 0.3) is 5.69 Å². The lowest BCUT2D eigenvalue weighted by Gasteiger charge is -2.01. The summed E-state index contributed by atoms with van der Waals surface area (Å²) < 4.78 is 5.36. The molecule has 0 N–H and O–H groups in total. The SMILES string of the molecule is COC(=O)/C=C/c1ccc(-n2cnc([N+](=O)[O-])n2)c([N+](=O)[O-])c1. The molecule has 0 unspecified atom stereocenters. The van der Waals surface area contributed by atoms with Crippen molar-refractivity contribution < 1.29 is 19.4 Å². The number of rotatable bonds is 5. The van der Waals surface area contributed by atoms with Crippen LogP contribution in [0.1, 0.15) is 5.56 Å². The number of carbonyl (C=O) groups is 1. The van der Waals surface area contributed by atoms with Crippen molar-refractivity contribution >= 4 is 23.7 Å². The van der Waals surface area contributed by atoms with E-state index >= 15 is 0 Å². The maximum Gasteiger partial charge on any atom is 0.491 e. The quantitative estimate of drug-likeness (QED) is 0.347. The molecule has 0 aliphatic heterocycles. The van der Waals surface area contributed by atoms with Crippen LogP contribution in [0, 0.1) is 20.2 Å². The summed E-state index contributed by atoms with van der Waals surface area (Å²) in [5, 5.41) is 25.3. The van der Waals surface area contributed by atoms with Gasteiger partial charge in [-0.3, -0.25) is 10.1 Å². The number of nitrogens with zero attached hydrogens (tertiary/aromatic N) is 5. The Labute approximate surface area is 128 Å². The number of aromatic nitrogens is 3. The molecule has 1 heterocycles. The fourth-order valence-corrected chi connectivity index (χ4v) is 1.67. The van der Waals surface area contributed by atoms with E-state index in [4.69, 9.17) is 0 Å². The van der Waals surface area contributed by atoms with Gasteiger partial charge in [-0.25, -0.2) is 4.79 Å². The van der Waals surface area contributed by atoms with E-state index in [1.54, 1.807) is 0 Å². The van der Waals surface area contributed by atoms with Crippen LogP contribution in [0.2, 0.25) is 0 Å². The van der Waals surface area contributed by atoms with Gasteiger partial charge in [0.1, 0.15) is 0 Å². The zero-order valence-electron chi connectivity index (χ0n) is 11.6. The summed E-state index contributed by atoms with van der Waals surface area (Å²) >= 11 is 0. The lowest BCUT2D eigenvalue weighted by atomic mass is 10.1. The molecular formula is C12H9N5O6. The maximum atomic E-state index is 11.2. The van der Waals surface area contributed by atoms with Crippen molar-refractivity contribution in [3.8, 4) is 5.69 Å². The van der Waals surface area contributed by atoms with Gasteiger partial charge < -0.3 is 14.9 Å². The average Bonchev–Trinajstić information content (AvgIpc) is 3.02. The van der Waals surface area contributed by atoms with E-state index in [1.807, 2.05) is 0 Å². The maximum absolute atomic E-state index is 11.2. The Kier molecular flexibility index (Phi) is 4.40. The summed E-state index contributed by atoms with van der Waals surface area (Å²) in [4.78, 5) is 34.7. The van der Waals surface area contributed by atoms with Gasteiger partial charge in [-0.15, -0.1) is 4.68 Å². The minimum Gasteiger partial charge on any atom is -0.466 e. The Bertz CT molecular complexity index is 812. The van der Waals surface area contributed by atoms with Crippen LogP contribution in [0.15, 0.2) is 30.6 Å². The van der Waals surface area contributed by atoms with Gasteiger partial charge in [0.15, 0.2) is 5.69 Å². The highest BCUT2D eigenvalue weighted by Crippen LogP contribution is 2.24. The van der Waals surface area contributed by atoms with E-state index in [0.717, 1.165) is 17.1 Å². The van der Waals surface area contributed by atoms with E-state index in [9.17, 15) is 25.0 Å². The molecule has 0 radical (unpaired) electrons. The van der Waals surface area contributed by atoms with Crippen LogP contribution < -0.4 is 0 Å². The molecule has 0 atom stereocenters. The Morgan fingerprint density at radius 1 is 1.30 bits per heavy atom. The van der Waals surface area contributed by atoms with E-state index in [1.165, 1.54) is 31.4 Å². The Hall–Kier alpha value is -3.63. The topological polar surface area (TPSA) is 143 Å². The number of nitro groups is 2. The number of hydrogen-bond acceptors (Lipinski definition) is 8. The van der Waals surface area contributed by atoms with Crippen LogP contribution in [-0.4, -0.2) is 37.7 Å². The Morgan fingerprint density at radius 3 is 2.61 bits per heavy atom. The second kappa shape index (κ2) is 6.43. The second-order valence-corrected chi connectivity index (χ2v) is 4.11. The van der Waals surface area contributed by atoms with Gasteiger partial charge in [-0.05, 0) is 22.6 Å². The molecule has 0 amide bonds. The Balaban J connectivity index is 2.44. The van der Waals surface area contributed by atoms with Gasteiger partial charge in [0.05, 0.1) is 12.0 Å². The van der Waals surface area contributed by atoms with Crippen LogP contribution >= 0.6 is 0 Å². The molecular weight excluding hydrogens is 310 g/mol. The van der Waals surface area contributed by atoms with Crippen LogP contribution in [0.25, 0.3) is 11.8 Å². The number of carbonyl (C=O) groups excluding carboxylic acids is 1. The molecule has 1 aromatic heterocycles. The summed E-state index contributed by atoms with van der Waals surface area (Å²) in [5.74, 6) is -1.28. The summed E-state index contributed by atoms with van der Waals surface area (Å²) in [5.41, 5.74) is 0.0306. The largest absolute Gasteiger partial charge is 0.491 e.